The number of fused-ring (bicyclic) bond motifs is 2. The second kappa shape index (κ2) is 9.09. The lowest BCUT2D eigenvalue weighted by Crippen LogP contribution is -2.45. The molecule has 2 aromatic carbocycles. The molecule has 1 N–H and O–H groups in total. The summed E-state index contributed by atoms with van der Waals surface area (Å²) in [4.78, 5) is 13.0. The topological polar surface area (TPSA) is 75.7 Å². The lowest BCUT2D eigenvalue weighted by Gasteiger charge is -2.27. The molecule has 1 amide bonds. The van der Waals surface area contributed by atoms with E-state index in [0.717, 1.165) is 23.6 Å². The molecule has 6 nitrogen and oxygen atoms in total. The van der Waals surface area contributed by atoms with E-state index in [4.69, 9.17) is 16.3 Å². The van der Waals surface area contributed by atoms with Gasteiger partial charge in [0.05, 0.1) is 17.2 Å². The van der Waals surface area contributed by atoms with Gasteiger partial charge in [0.25, 0.3) is 10.0 Å². The number of nitrogens with zero attached hydrogens (tertiary/aromatic N) is 1. The molecule has 3 atom stereocenters. The SMILES string of the molecule is CCOc1ccc(N(CC(=O)N[C@H]2C[C@H]3CC[C@@H]2C3)S(=O)(=O)c2ccc(Cl)cc2)cc1. The molecule has 2 fully saturated rings. The van der Waals surface area contributed by atoms with Crippen molar-refractivity contribution in [1.29, 1.82) is 0 Å². The molecule has 0 radical (unpaired) electrons. The second-order valence-corrected chi connectivity index (χ2v) is 10.5. The van der Waals surface area contributed by atoms with E-state index in [9.17, 15) is 13.2 Å². The number of sulfonamides is 1. The van der Waals surface area contributed by atoms with Gasteiger partial charge in [-0.1, -0.05) is 18.0 Å². The minimum absolute atomic E-state index is 0.0820. The van der Waals surface area contributed by atoms with Gasteiger partial charge in [0, 0.05) is 11.1 Å². The van der Waals surface area contributed by atoms with E-state index < -0.39 is 10.0 Å². The van der Waals surface area contributed by atoms with E-state index in [1.165, 1.54) is 30.7 Å². The van der Waals surface area contributed by atoms with Gasteiger partial charge in [0.1, 0.15) is 12.3 Å². The van der Waals surface area contributed by atoms with Gasteiger partial charge >= 0.3 is 0 Å². The minimum Gasteiger partial charge on any atom is -0.494 e. The molecular formula is C23H27ClN2O4S. The van der Waals surface area contributed by atoms with Gasteiger partial charge in [-0.2, -0.15) is 0 Å². The standard InChI is InChI=1S/C23H27ClN2O4S/c1-2-30-20-9-7-19(8-10-20)26(31(28,29)21-11-5-18(24)6-12-21)15-23(27)25-22-14-16-3-4-17(22)13-16/h5-12,16-17,22H,2-4,13-15H2,1H3,(H,25,27)/t16-,17+,22-/m0/s1. The second-order valence-electron chi connectivity index (χ2n) is 8.24. The Bertz CT molecular complexity index is 1020. The van der Waals surface area contributed by atoms with Crippen LogP contribution in [0.15, 0.2) is 53.4 Å². The fourth-order valence-corrected chi connectivity index (χ4v) is 6.28. The number of halogens is 1. The van der Waals surface area contributed by atoms with Gasteiger partial charge in [-0.05, 0) is 86.6 Å². The third kappa shape index (κ3) is 4.83. The molecule has 0 heterocycles. The van der Waals surface area contributed by atoms with E-state index in [1.54, 1.807) is 24.3 Å². The van der Waals surface area contributed by atoms with Crippen LogP contribution in [-0.2, 0) is 14.8 Å². The average molecular weight is 463 g/mol. The molecule has 2 aliphatic carbocycles. The Balaban J connectivity index is 1.58. The Morgan fingerprint density at radius 3 is 2.39 bits per heavy atom. The molecule has 2 aliphatic rings. The van der Waals surface area contributed by atoms with E-state index in [2.05, 4.69) is 5.32 Å². The summed E-state index contributed by atoms with van der Waals surface area (Å²) in [7, 11) is -3.96. The predicted molar refractivity (Wildman–Crippen MR) is 121 cm³/mol. The van der Waals surface area contributed by atoms with Crippen LogP contribution >= 0.6 is 11.6 Å². The molecule has 2 saturated carbocycles. The van der Waals surface area contributed by atoms with Crippen molar-refractivity contribution in [2.75, 3.05) is 17.5 Å². The van der Waals surface area contributed by atoms with Crippen molar-refractivity contribution < 1.29 is 17.9 Å². The van der Waals surface area contributed by atoms with E-state index in [1.807, 2.05) is 6.92 Å². The van der Waals surface area contributed by atoms with Crippen molar-refractivity contribution in [2.24, 2.45) is 11.8 Å². The zero-order valence-electron chi connectivity index (χ0n) is 17.5. The van der Waals surface area contributed by atoms with Gasteiger partial charge in [-0.25, -0.2) is 8.42 Å². The number of amides is 1. The third-order valence-electron chi connectivity index (χ3n) is 6.21. The maximum absolute atomic E-state index is 13.4. The van der Waals surface area contributed by atoms with Gasteiger partial charge in [0.2, 0.25) is 5.91 Å². The zero-order chi connectivity index (χ0) is 22.0. The quantitative estimate of drug-likeness (QED) is 0.636. The molecule has 2 bridgehead atoms. The summed E-state index contributed by atoms with van der Waals surface area (Å²) in [6, 6.07) is 12.8. The lowest BCUT2D eigenvalue weighted by molar-refractivity contribution is -0.120. The van der Waals surface area contributed by atoms with Crippen LogP contribution < -0.4 is 14.4 Å². The van der Waals surface area contributed by atoms with Crippen molar-refractivity contribution in [3.8, 4) is 5.75 Å². The highest BCUT2D eigenvalue weighted by atomic mass is 35.5. The smallest absolute Gasteiger partial charge is 0.264 e. The summed E-state index contributed by atoms with van der Waals surface area (Å²) in [6.45, 7) is 2.11. The number of benzene rings is 2. The van der Waals surface area contributed by atoms with Crippen LogP contribution in [-0.4, -0.2) is 33.5 Å². The summed E-state index contributed by atoms with van der Waals surface area (Å²) in [6.07, 6.45) is 4.53. The van der Waals surface area contributed by atoms with Gasteiger partial charge in [0.15, 0.2) is 0 Å². The zero-order valence-corrected chi connectivity index (χ0v) is 19.0. The summed E-state index contributed by atoms with van der Waals surface area (Å²) in [5, 5.41) is 3.53. The highest BCUT2D eigenvalue weighted by Gasteiger charge is 2.40. The Morgan fingerprint density at radius 1 is 1.10 bits per heavy atom. The Morgan fingerprint density at radius 2 is 1.81 bits per heavy atom. The number of hydrogen-bond donors (Lipinski definition) is 1. The van der Waals surface area contributed by atoms with Crippen LogP contribution in [0.1, 0.15) is 32.6 Å². The fraction of sp³-hybridized carbons (Fsp3) is 0.435. The van der Waals surface area contributed by atoms with Crippen molar-refractivity contribution in [3.63, 3.8) is 0 Å². The van der Waals surface area contributed by atoms with Crippen molar-refractivity contribution >= 4 is 33.2 Å². The summed E-state index contributed by atoms with van der Waals surface area (Å²) >= 11 is 5.93. The average Bonchev–Trinajstić information content (AvgIpc) is 3.36. The molecule has 8 heteroatoms. The Labute approximate surface area is 188 Å². The normalized spacial score (nSPS) is 22.3. The van der Waals surface area contributed by atoms with Crippen LogP contribution in [0.2, 0.25) is 5.02 Å². The van der Waals surface area contributed by atoms with E-state index >= 15 is 0 Å². The number of anilines is 1. The molecule has 0 aliphatic heterocycles. The van der Waals surface area contributed by atoms with Crippen LogP contribution in [0.25, 0.3) is 0 Å². The maximum Gasteiger partial charge on any atom is 0.264 e. The van der Waals surface area contributed by atoms with Crippen LogP contribution in [0, 0.1) is 11.8 Å². The highest BCUT2D eigenvalue weighted by molar-refractivity contribution is 7.92. The summed E-state index contributed by atoms with van der Waals surface area (Å²) in [5.41, 5.74) is 0.404. The Kier molecular flexibility index (Phi) is 6.44. The van der Waals surface area contributed by atoms with Crippen LogP contribution in [0.4, 0.5) is 5.69 Å². The largest absolute Gasteiger partial charge is 0.494 e. The number of ether oxygens (including phenoxy) is 1. The molecule has 4 rings (SSSR count). The number of carbonyl (C=O) groups is 1. The molecule has 0 unspecified atom stereocenters. The summed E-state index contributed by atoms with van der Waals surface area (Å²) < 4.78 is 33.5. The fourth-order valence-electron chi connectivity index (χ4n) is 4.73. The Hall–Kier alpha value is -2.25. The first-order valence-corrected chi connectivity index (χ1v) is 12.5. The molecule has 0 saturated heterocycles. The monoisotopic (exact) mass is 462 g/mol. The van der Waals surface area contributed by atoms with Crippen LogP contribution in [0.5, 0.6) is 5.75 Å². The molecule has 2 aromatic rings. The number of hydrogen-bond acceptors (Lipinski definition) is 4. The maximum atomic E-state index is 13.4. The van der Waals surface area contributed by atoms with E-state index in [0.29, 0.717) is 34.9 Å². The highest BCUT2D eigenvalue weighted by Crippen LogP contribution is 2.44. The first-order chi connectivity index (χ1) is 14.9. The van der Waals surface area contributed by atoms with Crippen molar-refractivity contribution in [1.82, 2.24) is 5.32 Å². The van der Waals surface area contributed by atoms with Crippen molar-refractivity contribution in [2.45, 2.75) is 43.5 Å². The van der Waals surface area contributed by atoms with Gasteiger partial charge < -0.3 is 10.1 Å². The summed E-state index contributed by atoms with van der Waals surface area (Å²) in [5.74, 6) is 1.56. The van der Waals surface area contributed by atoms with Gasteiger partial charge in [-0.15, -0.1) is 0 Å². The molecule has 31 heavy (non-hydrogen) atoms. The first kappa shape index (κ1) is 22.0. The molecule has 0 aromatic heterocycles. The van der Waals surface area contributed by atoms with Gasteiger partial charge in [-0.3, -0.25) is 9.10 Å². The first-order valence-electron chi connectivity index (χ1n) is 10.7. The number of nitrogens with one attached hydrogen (secondary N) is 1. The third-order valence-corrected chi connectivity index (χ3v) is 8.25. The molecule has 0 spiro atoms. The van der Waals surface area contributed by atoms with Crippen LogP contribution in [0.3, 0.4) is 0 Å². The minimum atomic E-state index is -3.96. The van der Waals surface area contributed by atoms with E-state index in [-0.39, 0.29) is 23.4 Å². The lowest BCUT2D eigenvalue weighted by atomic mass is 9.95. The molecule has 166 valence electrons. The number of rotatable bonds is 8. The predicted octanol–water partition coefficient (Wildman–Crippen LogP) is 4.24. The van der Waals surface area contributed by atoms with Crippen molar-refractivity contribution in [3.05, 3.63) is 53.6 Å². The number of carbonyl (C=O) groups excluding carboxylic acids is 1. The molecular weight excluding hydrogens is 436 g/mol.